The number of nitrogens with one attached hydrogen (secondary N) is 1. The van der Waals surface area contributed by atoms with Gasteiger partial charge >= 0.3 is 0 Å². The summed E-state index contributed by atoms with van der Waals surface area (Å²) in [6.07, 6.45) is 5.01. The Balaban J connectivity index is 1.70. The Labute approximate surface area is 108 Å². The molecule has 2 nitrogen and oxygen atoms in total. The summed E-state index contributed by atoms with van der Waals surface area (Å²) in [6, 6.07) is 7.15. The zero-order chi connectivity index (χ0) is 12.7. The minimum absolute atomic E-state index is 0.145. The number of fused-ring (bicyclic) bond motifs is 2. The van der Waals surface area contributed by atoms with E-state index in [-0.39, 0.29) is 5.82 Å². The van der Waals surface area contributed by atoms with Crippen molar-refractivity contribution in [2.24, 2.45) is 0 Å². The average molecular weight is 248 g/mol. The molecule has 2 unspecified atom stereocenters. The maximum absolute atomic E-state index is 13.4. The fraction of sp³-hybridized carbons (Fsp3) is 0.600. The van der Waals surface area contributed by atoms with Crippen LogP contribution in [0.1, 0.15) is 31.2 Å². The van der Waals surface area contributed by atoms with Gasteiger partial charge in [0.1, 0.15) is 5.82 Å². The summed E-state index contributed by atoms with van der Waals surface area (Å²) in [7, 11) is 2.24. The second-order valence-corrected chi connectivity index (χ2v) is 5.88. The number of aryl methyl sites for hydroxylation is 1. The summed E-state index contributed by atoms with van der Waals surface area (Å²) in [5.41, 5.74) is 1.91. The molecule has 1 aromatic rings. The molecule has 0 saturated carbocycles. The van der Waals surface area contributed by atoms with Crippen molar-refractivity contribution >= 4 is 5.69 Å². The molecule has 2 aliphatic rings. The van der Waals surface area contributed by atoms with Crippen LogP contribution in [-0.4, -0.2) is 30.1 Å². The van der Waals surface area contributed by atoms with Gasteiger partial charge in [0.25, 0.3) is 0 Å². The summed E-state index contributed by atoms with van der Waals surface area (Å²) < 4.78 is 13.4. The van der Waals surface area contributed by atoms with E-state index in [1.807, 2.05) is 13.0 Å². The number of hydrogen-bond acceptors (Lipinski definition) is 2. The third-order valence-corrected chi connectivity index (χ3v) is 4.51. The van der Waals surface area contributed by atoms with Crippen LogP contribution < -0.4 is 5.32 Å². The number of benzene rings is 1. The van der Waals surface area contributed by atoms with Crippen LogP contribution in [0.15, 0.2) is 18.2 Å². The largest absolute Gasteiger partial charge is 0.382 e. The number of halogens is 1. The van der Waals surface area contributed by atoms with Gasteiger partial charge < -0.3 is 10.2 Å². The molecule has 0 radical (unpaired) electrons. The summed E-state index contributed by atoms with van der Waals surface area (Å²) >= 11 is 0. The van der Waals surface area contributed by atoms with Gasteiger partial charge in [0.2, 0.25) is 0 Å². The monoisotopic (exact) mass is 248 g/mol. The predicted molar refractivity (Wildman–Crippen MR) is 72.4 cm³/mol. The summed E-state index contributed by atoms with van der Waals surface area (Å²) in [5.74, 6) is -0.145. The van der Waals surface area contributed by atoms with E-state index in [1.165, 1.54) is 25.7 Å². The van der Waals surface area contributed by atoms with Gasteiger partial charge in [-0.3, -0.25) is 0 Å². The lowest BCUT2D eigenvalue weighted by molar-refractivity contribution is 0.169. The maximum atomic E-state index is 13.4. The molecule has 0 aromatic heterocycles. The van der Waals surface area contributed by atoms with Gasteiger partial charge in [0, 0.05) is 23.8 Å². The van der Waals surface area contributed by atoms with Crippen molar-refractivity contribution in [2.75, 3.05) is 12.4 Å². The number of nitrogens with zero attached hydrogens (tertiary/aromatic N) is 1. The third-order valence-electron chi connectivity index (χ3n) is 4.51. The quantitative estimate of drug-likeness (QED) is 0.864. The first-order valence-corrected chi connectivity index (χ1v) is 6.87. The Kier molecular flexibility index (Phi) is 3.02. The van der Waals surface area contributed by atoms with Crippen molar-refractivity contribution < 1.29 is 4.39 Å². The van der Waals surface area contributed by atoms with Crippen LogP contribution in [0.3, 0.4) is 0 Å². The molecule has 2 atom stereocenters. The molecule has 18 heavy (non-hydrogen) atoms. The molecule has 3 heteroatoms. The predicted octanol–water partition coefficient (Wildman–Crippen LogP) is 3.17. The highest BCUT2D eigenvalue weighted by Crippen LogP contribution is 2.35. The van der Waals surface area contributed by atoms with E-state index in [0.717, 1.165) is 23.3 Å². The van der Waals surface area contributed by atoms with E-state index in [2.05, 4.69) is 17.3 Å². The van der Waals surface area contributed by atoms with Gasteiger partial charge in [-0.2, -0.15) is 0 Å². The minimum Gasteiger partial charge on any atom is -0.382 e. The number of rotatable bonds is 2. The van der Waals surface area contributed by atoms with Gasteiger partial charge in [-0.15, -0.1) is 0 Å². The highest BCUT2D eigenvalue weighted by molar-refractivity contribution is 5.47. The Morgan fingerprint density at radius 1 is 1.17 bits per heavy atom. The highest BCUT2D eigenvalue weighted by Gasteiger charge is 2.38. The highest BCUT2D eigenvalue weighted by atomic mass is 19.1. The summed E-state index contributed by atoms with van der Waals surface area (Å²) in [5, 5.41) is 3.52. The molecular weight excluding hydrogens is 227 g/mol. The molecule has 2 fully saturated rings. The van der Waals surface area contributed by atoms with E-state index >= 15 is 0 Å². The number of piperidine rings is 1. The maximum Gasteiger partial charge on any atom is 0.125 e. The van der Waals surface area contributed by atoms with Crippen molar-refractivity contribution in [3.05, 3.63) is 29.6 Å². The van der Waals surface area contributed by atoms with Gasteiger partial charge in [-0.05, 0) is 63.4 Å². The zero-order valence-corrected chi connectivity index (χ0v) is 11.1. The van der Waals surface area contributed by atoms with Crippen molar-refractivity contribution in [3.63, 3.8) is 0 Å². The molecule has 0 spiro atoms. The second kappa shape index (κ2) is 4.54. The molecule has 2 heterocycles. The first-order chi connectivity index (χ1) is 8.61. The van der Waals surface area contributed by atoms with Gasteiger partial charge in [0.05, 0.1) is 0 Å². The SMILES string of the molecule is Cc1cc(F)cc(NC2CC3CCC(C2)N3C)c1. The van der Waals surface area contributed by atoms with Crippen LogP contribution in [0, 0.1) is 12.7 Å². The smallest absolute Gasteiger partial charge is 0.125 e. The van der Waals surface area contributed by atoms with Crippen LogP contribution in [0.5, 0.6) is 0 Å². The fourth-order valence-corrected chi connectivity index (χ4v) is 3.58. The van der Waals surface area contributed by atoms with Crippen LogP contribution in [0.2, 0.25) is 0 Å². The molecule has 2 saturated heterocycles. The molecule has 1 aromatic carbocycles. The second-order valence-electron chi connectivity index (χ2n) is 5.88. The van der Waals surface area contributed by atoms with Gasteiger partial charge in [0.15, 0.2) is 0 Å². The summed E-state index contributed by atoms with van der Waals surface area (Å²) in [4.78, 5) is 2.52. The van der Waals surface area contributed by atoms with Gasteiger partial charge in [-0.25, -0.2) is 4.39 Å². The molecule has 2 aliphatic heterocycles. The lowest BCUT2D eigenvalue weighted by atomic mass is 9.97. The lowest BCUT2D eigenvalue weighted by Crippen LogP contribution is -2.44. The van der Waals surface area contributed by atoms with Crippen LogP contribution >= 0.6 is 0 Å². The first-order valence-electron chi connectivity index (χ1n) is 6.87. The van der Waals surface area contributed by atoms with Crippen LogP contribution in [0.25, 0.3) is 0 Å². The van der Waals surface area contributed by atoms with Gasteiger partial charge in [-0.1, -0.05) is 0 Å². The summed E-state index contributed by atoms with van der Waals surface area (Å²) in [6.45, 7) is 1.94. The molecule has 0 amide bonds. The van der Waals surface area contributed by atoms with Crippen molar-refractivity contribution in [2.45, 2.75) is 50.7 Å². The Morgan fingerprint density at radius 3 is 2.44 bits per heavy atom. The fourth-order valence-electron chi connectivity index (χ4n) is 3.58. The molecule has 0 aliphatic carbocycles. The zero-order valence-electron chi connectivity index (χ0n) is 11.1. The van der Waals surface area contributed by atoms with E-state index in [4.69, 9.17) is 0 Å². The van der Waals surface area contributed by atoms with E-state index in [1.54, 1.807) is 12.1 Å². The van der Waals surface area contributed by atoms with Crippen molar-refractivity contribution in [1.29, 1.82) is 0 Å². The topological polar surface area (TPSA) is 15.3 Å². The van der Waals surface area contributed by atoms with Crippen LogP contribution in [0.4, 0.5) is 10.1 Å². The number of hydrogen-bond donors (Lipinski definition) is 1. The standard InChI is InChI=1S/C15H21FN2/c1-10-5-11(16)7-12(6-10)17-13-8-14-3-4-15(9-13)18(14)2/h5-7,13-15,17H,3-4,8-9H2,1-2H3. The van der Waals surface area contributed by atoms with E-state index < -0.39 is 0 Å². The molecule has 2 bridgehead atoms. The van der Waals surface area contributed by atoms with Crippen molar-refractivity contribution in [3.8, 4) is 0 Å². The first kappa shape index (κ1) is 12.0. The Morgan fingerprint density at radius 2 is 1.83 bits per heavy atom. The lowest BCUT2D eigenvalue weighted by Gasteiger charge is -2.37. The molecule has 98 valence electrons. The van der Waals surface area contributed by atoms with Crippen LogP contribution in [-0.2, 0) is 0 Å². The third kappa shape index (κ3) is 2.24. The Hall–Kier alpha value is -1.09. The van der Waals surface area contributed by atoms with Crippen molar-refractivity contribution in [1.82, 2.24) is 4.90 Å². The molecular formula is C15H21FN2. The van der Waals surface area contributed by atoms with E-state index in [9.17, 15) is 4.39 Å². The molecule has 3 rings (SSSR count). The van der Waals surface area contributed by atoms with E-state index in [0.29, 0.717) is 6.04 Å². The average Bonchev–Trinajstić information content (AvgIpc) is 2.52. The minimum atomic E-state index is -0.145. The Bertz CT molecular complexity index is 412. The molecule has 1 N–H and O–H groups in total. The number of anilines is 1. The normalized spacial score (nSPS) is 31.6.